The van der Waals surface area contributed by atoms with Crippen molar-refractivity contribution < 1.29 is 32.9 Å². The number of likely N-dealkylation sites (N-methyl/N-ethyl adjacent to an activating group) is 1. The second-order valence-corrected chi connectivity index (χ2v) is 21.0. The number of nitrogens with zero attached hydrogens (tertiary/aromatic N) is 1. The van der Waals surface area contributed by atoms with E-state index in [1.807, 2.05) is 27.2 Å². The average Bonchev–Trinajstić information content (AvgIpc) is 3.30. The lowest BCUT2D eigenvalue weighted by atomic mass is 10.0. The minimum absolute atomic E-state index is 0.0202. The fourth-order valence-corrected chi connectivity index (χ4v) is 8.19. The van der Waals surface area contributed by atoms with Crippen LogP contribution in [0.1, 0.15) is 219 Å². The fourth-order valence-electron chi connectivity index (χ4n) is 7.47. The molecule has 0 fully saturated rings. The summed E-state index contributed by atoms with van der Waals surface area (Å²) >= 11 is 0. The Hall–Kier alpha value is -2.58. The van der Waals surface area contributed by atoms with Crippen molar-refractivity contribution in [1.29, 1.82) is 0 Å². The molecule has 1 amide bonds. The molecule has 2 N–H and O–H groups in total. The van der Waals surface area contributed by atoms with Crippen molar-refractivity contribution in [2.24, 2.45) is 0 Å². The van der Waals surface area contributed by atoms with Crippen LogP contribution in [0.4, 0.5) is 0 Å². The van der Waals surface area contributed by atoms with Gasteiger partial charge in [-0.05, 0) is 83.5 Å². The molecule has 392 valence electrons. The van der Waals surface area contributed by atoms with E-state index in [1.165, 1.54) is 122 Å². The predicted molar refractivity (Wildman–Crippen MR) is 293 cm³/mol. The molecule has 0 heterocycles. The molecule has 9 heteroatoms. The number of aliphatic hydroxyl groups is 1. The first-order valence-corrected chi connectivity index (χ1v) is 29.1. The summed E-state index contributed by atoms with van der Waals surface area (Å²) in [6, 6.07) is -0.934. The van der Waals surface area contributed by atoms with Crippen LogP contribution in [-0.2, 0) is 18.4 Å². The Morgan fingerprint density at radius 1 is 0.529 bits per heavy atom. The second-order valence-electron chi connectivity index (χ2n) is 19.5. The van der Waals surface area contributed by atoms with Crippen molar-refractivity contribution in [2.75, 3.05) is 40.9 Å². The molecule has 0 bridgehead atoms. The third-order valence-corrected chi connectivity index (χ3v) is 12.7. The van der Waals surface area contributed by atoms with Gasteiger partial charge in [0.1, 0.15) is 13.2 Å². The lowest BCUT2D eigenvalue weighted by molar-refractivity contribution is -0.870. The van der Waals surface area contributed by atoms with E-state index in [1.54, 1.807) is 6.08 Å². The zero-order valence-corrected chi connectivity index (χ0v) is 45.4. The van der Waals surface area contributed by atoms with Crippen LogP contribution in [0.25, 0.3) is 0 Å². The van der Waals surface area contributed by atoms with E-state index < -0.39 is 26.6 Å². The maximum absolute atomic E-state index is 12.9. The van der Waals surface area contributed by atoms with Gasteiger partial charge in [0.2, 0.25) is 5.91 Å². The summed E-state index contributed by atoms with van der Waals surface area (Å²) in [6.45, 7) is 4.48. The standard InChI is InChI=1S/C59H105N2O6P/c1-6-8-10-12-14-16-18-20-22-24-26-28-29-30-31-33-34-36-38-40-42-44-46-48-50-52-58(62)57(56-67-68(64,65)66-55-54-61(3,4)5)60-59(63)53-51-49-47-45-43-41-39-37-35-32-27-25-23-21-19-17-15-13-11-9-7-2/h9,11,15,17,21,23,27,32,37,39,42-45,50,52,57-58,62H,6-8,10,12-14,16,18-20,22,24-26,28-31,33-36,38,40-41,46-49,51,53-56H2,1-5H3,(H-,60,63,64,65)/b11-9-,17-15-,23-21-,32-27-,39-37-,44-42+,45-43-,52-50+. The number of aliphatic hydroxyl groups excluding tert-OH is 1. The topological polar surface area (TPSA) is 108 Å². The van der Waals surface area contributed by atoms with Gasteiger partial charge in [-0.25, -0.2) is 0 Å². The summed E-state index contributed by atoms with van der Waals surface area (Å²) < 4.78 is 23.3. The Balaban J connectivity index is 4.39. The summed E-state index contributed by atoms with van der Waals surface area (Å²) in [6.07, 6.45) is 70.6. The highest BCUT2D eigenvalue weighted by molar-refractivity contribution is 7.45. The molecule has 0 saturated heterocycles. The Bertz CT molecular complexity index is 1420. The Morgan fingerprint density at radius 3 is 1.37 bits per heavy atom. The van der Waals surface area contributed by atoms with Gasteiger partial charge in [0.05, 0.1) is 39.9 Å². The number of allylic oxidation sites excluding steroid dienone is 15. The molecule has 68 heavy (non-hydrogen) atoms. The summed E-state index contributed by atoms with van der Waals surface area (Å²) in [5.74, 6) is -0.252. The highest BCUT2D eigenvalue weighted by Crippen LogP contribution is 2.38. The van der Waals surface area contributed by atoms with Gasteiger partial charge < -0.3 is 28.8 Å². The molecule has 0 saturated carbocycles. The maximum atomic E-state index is 12.9. The van der Waals surface area contributed by atoms with Crippen molar-refractivity contribution >= 4 is 13.7 Å². The van der Waals surface area contributed by atoms with Crippen molar-refractivity contribution in [3.63, 3.8) is 0 Å². The van der Waals surface area contributed by atoms with Crippen LogP contribution in [0.2, 0.25) is 0 Å². The molecule has 0 aromatic rings. The smallest absolute Gasteiger partial charge is 0.268 e. The first-order chi connectivity index (χ1) is 33.0. The molecule has 8 nitrogen and oxygen atoms in total. The lowest BCUT2D eigenvalue weighted by Crippen LogP contribution is -2.45. The van der Waals surface area contributed by atoms with E-state index in [-0.39, 0.29) is 18.9 Å². The van der Waals surface area contributed by atoms with Gasteiger partial charge in [0.25, 0.3) is 7.82 Å². The summed E-state index contributed by atoms with van der Waals surface area (Å²) in [5, 5.41) is 13.8. The quantitative estimate of drug-likeness (QED) is 0.0272. The summed E-state index contributed by atoms with van der Waals surface area (Å²) in [5.41, 5.74) is 0. The van der Waals surface area contributed by atoms with Gasteiger partial charge in [-0.2, -0.15) is 0 Å². The molecule has 0 aromatic carbocycles. The van der Waals surface area contributed by atoms with Crippen molar-refractivity contribution in [2.45, 2.75) is 231 Å². The highest BCUT2D eigenvalue weighted by atomic mass is 31.2. The number of quaternary nitrogens is 1. The third-order valence-electron chi connectivity index (χ3n) is 11.8. The van der Waals surface area contributed by atoms with Gasteiger partial charge >= 0.3 is 0 Å². The molecule has 3 atom stereocenters. The Labute approximate surface area is 419 Å². The zero-order valence-electron chi connectivity index (χ0n) is 44.5. The van der Waals surface area contributed by atoms with Gasteiger partial charge in [-0.1, -0.05) is 227 Å². The predicted octanol–water partition coefficient (Wildman–Crippen LogP) is 16.0. The second kappa shape index (κ2) is 49.4. The molecule has 0 aliphatic rings. The molecule has 0 aromatic heterocycles. The molecular weight excluding hydrogens is 864 g/mol. The van der Waals surface area contributed by atoms with Gasteiger partial charge in [0.15, 0.2) is 0 Å². The number of amides is 1. The van der Waals surface area contributed by atoms with E-state index in [2.05, 4.69) is 104 Å². The van der Waals surface area contributed by atoms with Gasteiger partial charge in [-0.3, -0.25) is 9.36 Å². The third kappa shape index (κ3) is 51.3. The van der Waals surface area contributed by atoms with E-state index in [4.69, 9.17) is 9.05 Å². The SMILES string of the molecule is CC/C=C\C/C=C\C/C=C\C/C=C\C/C=C\C/C=C\CCCCC(=O)NC(COP(=O)([O-])OCC[N+](C)(C)C)C(O)/C=C/CC/C=C/CCCCCCCCCCCCCCCCCCCCC. The highest BCUT2D eigenvalue weighted by Gasteiger charge is 2.23. The summed E-state index contributed by atoms with van der Waals surface area (Å²) in [4.78, 5) is 25.4. The number of carbonyl (C=O) groups excluding carboxylic acids is 1. The fraction of sp³-hybridized carbons (Fsp3) is 0.712. The van der Waals surface area contributed by atoms with Crippen LogP contribution in [0.15, 0.2) is 97.2 Å². The first kappa shape index (κ1) is 65.4. The molecular formula is C59H105N2O6P. The molecule has 0 aliphatic heterocycles. The number of hydrogen-bond donors (Lipinski definition) is 2. The molecule has 0 spiro atoms. The van der Waals surface area contributed by atoms with Crippen LogP contribution < -0.4 is 10.2 Å². The minimum atomic E-state index is -4.62. The lowest BCUT2D eigenvalue weighted by Gasteiger charge is -2.29. The number of phosphoric acid groups is 1. The van der Waals surface area contributed by atoms with Gasteiger partial charge in [-0.15, -0.1) is 0 Å². The largest absolute Gasteiger partial charge is 0.756 e. The maximum Gasteiger partial charge on any atom is 0.268 e. The van der Waals surface area contributed by atoms with Crippen molar-refractivity contribution in [3.8, 4) is 0 Å². The Kier molecular flexibility index (Phi) is 47.5. The first-order valence-electron chi connectivity index (χ1n) is 27.6. The van der Waals surface area contributed by atoms with Crippen LogP contribution >= 0.6 is 7.82 Å². The monoisotopic (exact) mass is 969 g/mol. The van der Waals surface area contributed by atoms with E-state index >= 15 is 0 Å². The van der Waals surface area contributed by atoms with E-state index in [0.29, 0.717) is 17.4 Å². The zero-order chi connectivity index (χ0) is 49.9. The number of carbonyl (C=O) groups is 1. The number of rotatable bonds is 49. The van der Waals surface area contributed by atoms with Gasteiger partial charge in [0, 0.05) is 6.42 Å². The number of unbranched alkanes of at least 4 members (excludes halogenated alkanes) is 22. The summed E-state index contributed by atoms with van der Waals surface area (Å²) in [7, 11) is 1.20. The van der Waals surface area contributed by atoms with E-state index in [0.717, 1.165) is 70.6 Å². The minimum Gasteiger partial charge on any atom is -0.756 e. The average molecular weight is 969 g/mol. The molecule has 0 rings (SSSR count). The van der Waals surface area contributed by atoms with Crippen molar-refractivity contribution in [1.82, 2.24) is 5.32 Å². The number of nitrogens with one attached hydrogen (secondary N) is 1. The van der Waals surface area contributed by atoms with Crippen LogP contribution in [0, 0.1) is 0 Å². The van der Waals surface area contributed by atoms with Crippen molar-refractivity contribution in [3.05, 3.63) is 97.2 Å². The normalized spacial score (nSPS) is 14.8. The molecule has 3 unspecified atom stereocenters. The molecule has 0 aliphatic carbocycles. The number of phosphoric ester groups is 1. The Morgan fingerprint density at radius 2 is 0.912 bits per heavy atom. The van der Waals surface area contributed by atoms with E-state index in [9.17, 15) is 19.4 Å². The van der Waals surface area contributed by atoms with Crippen LogP contribution in [0.5, 0.6) is 0 Å². The molecule has 0 radical (unpaired) electrons. The number of hydrogen-bond acceptors (Lipinski definition) is 6. The van der Waals surface area contributed by atoms with Crippen LogP contribution in [-0.4, -0.2) is 68.5 Å². The van der Waals surface area contributed by atoms with Crippen LogP contribution in [0.3, 0.4) is 0 Å².